The molecule has 0 amide bonds. The molecule has 4 rings (SSSR count). The maximum Gasteiger partial charge on any atom is 0.306 e. The third kappa shape index (κ3) is 3.83. The van der Waals surface area contributed by atoms with E-state index in [1.54, 1.807) is 14.2 Å². The highest BCUT2D eigenvalue weighted by atomic mass is 16.5. The number of fused-ring (bicyclic) bond motifs is 1. The monoisotopic (exact) mass is 406 g/mol. The van der Waals surface area contributed by atoms with Crippen LogP contribution in [0.4, 0.5) is 0 Å². The molecule has 1 unspecified atom stereocenters. The summed E-state index contributed by atoms with van der Waals surface area (Å²) in [6.45, 7) is 1.43. The standard InChI is InChI=1S/C24H26N2O4/c1-29-21-8-7-17(15-22(21)30-2)23(26-13-10-16(11-14-26)24(27)28)19-9-12-25-20-6-4-3-5-18(19)20/h3-9,12,15-16,23H,10-11,13-14H2,1-2H3,(H,27,28). The molecule has 1 fully saturated rings. The summed E-state index contributed by atoms with van der Waals surface area (Å²) in [4.78, 5) is 18.3. The van der Waals surface area contributed by atoms with Gasteiger partial charge in [0.15, 0.2) is 11.5 Å². The lowest BCUT2D eigenvalue weighted by atomic mass is 9.90. The molecule has 0 spiro atoms. The van der Waals surface area contributed by atoms with Crippen molar-refractivity contribution >= 4 is 16.9 Å². The van der Waals surface area contributed by atoms with E-state index in [0.717, 1.165) is 22.0 Å². The van der Waals surface area contributed by atoms with Gasteiger partial charge in [0.05, 0.1) is 31.7 Å². The molecule has 156 valence electrons. The van der Waals surface area contributed by atoms with E-state index in [1.807, 2.05) is 36.5 Å². The minimum atomic E-state index is -0.702. The first-order valence-corrected chi connectivity index (χ1v) is 10.1. The second kappa shape index (κ2) is 8.71. The van der Waals surface area contributed by atoms with Crippen LogP contribution in [0.2, 0.25) is 0 Å². The van der Waals surface area contributed by atoms with Crippen LogP contribution in [0.5, 0.6) is 11.5 Å². The Kier molecular flexibility index (Phi) is 5.86. The van der Waals surface area contributed by atoms with Gasteiger partial charge in [-0.05, 0) is 61.3 Å². The molecule has 2 heterocycles. The van der Waals surface area contributed by atoms with Gasteiger partial charge in [-0.15, -0.1) is 0 Å². The van der Waals surface area contributed by atoms with Crippen LogP contribution >= 0.6 is 0 Å². The Labute approximate surface area is 176 Å². The van der Waals surface area contributed by atoms with Crippen LogP contribution in [0.25, 0.3) is 10.9 Å². The molecule has 30 heavy (non-hydrogen) atoms. The summed E-state index contributed by atoms with van der Waals surface area (Å²) in [6, 6.07) is 16.1. The summed E-state index contributed by atoms with van der Waals surface area (Å²) in [5, 5.41) is 10.5. The molecule has 0 radical (unpaired) electrons. The molecule has 0 aliphatic carbocycles. The number of carboxylic acid groups (broad SMARTS) is 1. The normalized spacial score (nSPS) is 16.3. The first-order valence-electron chi connectivity index (χ1n) is 10.1. The number of para-hydroxylation sites is 1. The molecule has 1 atom stereocenters. The van der Waals surface area contributed by atoms with E-state index in [2.05, 4.69) is 28.1 Å². The zero-order valence-corrected chi connectivity index (χ0v) is 17.2. The van der Waals surface area contributed by atoms with Crippen LogP contribution in [-0.4, -0.2) is 48.3 Å². The van der Waals surface area contributed by atoms with Gasteiger partial charge >= 0.3 is 5.97 Å². The van der Waals surface area contributed by atoms with Crippen molar-refractivity contribution < 1.29 is 19.4 Å². The molecule has 0 saturated carbocycles. The van der Waals surface area contributed by atoms with Crippen molar-refractivity contribution in [2.75, 3.05) is 27.3 Å². The smallest absolute Gasteiger partial charge is 0.306 e. The highest BCUT2D eigenvalue weighted by Gasteiger charge is 2.31. The largest absolute Gasteiger partial charge is 0.493 e. The van der Waals surface area contributed by atoms with E-state index in [1.165, 1.54) is 0 Å². The number of carboxylic acids is 1. The minimum Gasteiger partial charge on any atom is -0.493 e. The molecule has 1 N–H and O–H groups in total. The van der Waals surface area contributed by atoms with Crippen molar-refractivity contribution in [3.05, 3.63) is 65.9 Å². The molecule has 3 aromatic rings. The summed E-state index contributed by atoms with van der Waals surface area (Å²) in [6.07, 6.45) is 3.12. The van der Waals surface area contributed by atoms with Crippen molar-refractivity contribution in [1.82, 2.24) is 9.88 Å². The van der Waals surface area contributed by atoms with Gasteiger partial charge < -0.3 is 14.6 Å². The summed E-state index contributed by atoms with van der Waals surface area (Å²) in [5.74, 6) is 0.385. The maximum atomic E-state index is 11.4. The highest BCUT2D eigenvalue weighted by Crippen LogP contribution is 2.39. The molecule has 1 saturated heterocycles. The van der Waals surface area contributed by atoms with Crippen molar-refractivity contribution in [3.63, 3.8) is 0 Å². The van der Waals surface area contributed by atoms with Crippen molar-refractivity contribution in [3.8, 4) is 11.5 Å². The molecule has 1 aliphatic heterocycles. The lowest BCUT2D eigenvalue weighted by Gasteiger charge is -2.37. The number of likely N-dealkylation sites (tertiary alicyclic amines) is 1. The summed E-state index contributed by atoms with van der Waals surface area (Å²) in [7, 11) is 3.26. The Hall–Kier alpha value is -3.12. The van der Waals surface area contributed by atoms with E-state index >= 15 is 0 Å². The second-order valence-corrected chi connectivity index (χ2v) is 7.58. The number of nitrogens with zero attached hydrogens (tertiary/aromatic N) is 2. The molecule has 1 aromatic heterocycles. The number of methoxy groups -OCH3 is 2. The van der Waals surface area contributed by atoms with Crippen molar-refractivity contribution in [2.45, 2.75) is 18.9 Å². The molecule has 0 bridgehead atoms. The Balaban J connectivity index is 1.81. The van der Waals surface area contributed by atoms with Crippen LogP contribution in [0, 0.1) is 5.92 Å². The van der Waals surface area contributed by atoms with Gasteiger partial charge in [0, 0.05) is 11.6 Å². The van der Waals surface area contributed by atoms with Gasteiger partial charge in [-0.3, -0.25) is 14.7 Å². The fourth-order valence-electron chi connectivity index (χ4n) is 4.37. The number of benzene rings is 2. The zero-order chi connectivity index (χ0) is 21.1. The fourth-order valence-corrected chi connectivity index (χ4v) is 4.37. The average molecular weight is 406 g/mol. The third-order valence-corrected chi connectivity index (χ3v) is 5.94. The Morgan fingerprint density at radius 2 is 1.80 bits per heavy atom. The molecule has 6 nitrogen and oxygen atoms in total. The van der Waals surface area contributed by atoms with Crippen LogP contribution in [-0.2, 0) is 4.79 Å². The van der Waals surface area contributed by atoms with Crippen LogP contribution in [0.15, 0.2) is 54.7 Å². The number of pyridine rings is 1. The van der Waals surface area contributed by atoms with Crippen LogP contribution in [0.3, 0.4) is 0 Å². The number of rotatable bonds is 6. The van der Waals surface area contributed by atoms with Gasteiger partial charge in [0.25, 0.3) is 0 Å². The lowest BCUT2D eigenvalue weighted by molar-refractivity contribution is -0.143. The number of hydrogen-bond donors (Lipinski definition) is 1. The van der Waals surface area contributed by atoms with Crippen molar-refractivity contribution in [2.24, 2.45) is 5.92 Å². The predicted octanol–water partition coefficient (Wildman–Crippen LogP) is 4.14. The van der Waals surface area contributed by atoms with Gasteiger partial charge in [-0.25, -0.2) is 0 Å². The molecular weight excluding hydrogens is 380 g/mol. The first-order chi connectivity index (χ1) is 14.6. The highest BCUT2D eigenvalue weighted by molar-refractivity contribution is 5.83. The SMILES string of the molecule is COc1ccc(C(c2ccnc3ccccc23)N2CCC(C(=O)O)CC2)cc1OC. The Morgan fingerprint density at radius 3 is 2.50 bits per heavy atom. The van der Waals surface area contributed by atoms with Crippen molar-refractivity contribution in [1.29, 1.82) is 0 Å². The van der Waals surface area contributed by atoms with Crippen LogP contribution < -0.4 is 9.47 Å². The number of aliphatic carboxylic acids is 1. The molecule has 6 heteroatoms. The van der Waals surface area contributed by atoms with Gasteiger partial charge in [0.1, 0.15) is 0 Å². The van der Waals surface area contributed by atoms with Gasteiger partial charge in [-0.2, -0.15) is 0 Å². The average Bonchev–Trinajstić information content (AvgIpc) is 2.79. The molecule has 1 aliphatic rings. The number of piperidine rings is 1. The summed E-state index contributed by atoms with van der Waals surface area (Å²) in [5.41, 5.74) is 3.18. The number of carbonyl (C=O) groups is 1. The minimum absolute atomic E-state index is 0.0348. The molecule has 2 aromatic carbocycles. The lowest BCUT2D eigenvalue weighted by Crippen LogP contribution is -2.39. The van der Waals surface area contributed by atoms with Crippen LogP contribution in [0.1, 0.15) is 30.0 Å². The van der Waals surface area contributed by atoms with E-state index in [4.69, 9.17) is 9.47 Å². The number of aromatic nitrogens is 1. The Bertz CT molecular complexity index is 1040. The van der Waals surface area contributed by atoms with E-state index < -0.39 is 5.97 Å². The van der Waals surface area contributed by atoms with E-state index in [-0.39, 0.29) is 12.0 Å². The van der Waals surface area contributed by atoms with Gasteiger partial charge in [-0.1, -0.05) is 24.3 Å². The summed E-state index contributed by atoms with van der Waals surface area (Å²) < 4.78 is 11.0. The van der Waals surface area contributed by atoms with Gasteiger partial charge in [0.2, 0.25) is 0 Å². The predicted molar refractivity (Wildman–Crippen MR) is 115 cm³/mol. The number of hydrogen-bond acceptors (Lipinski definition) is 5. The first kappa shape index (κ1) is 20.2. The quantitative estimate of drug-likeness (QED) is 0.663. The zero-order valence-electron chi connectivity index (χ0n) is 17.2. The topological polar surface area (TPSA) is 71.9 Å². The maximum absolute atomic E-state index is 11.4. The second-order valence-electron chi connectivity index (χ2n) is 7.58. The number of ether oxygens (including phenoxy) is 2. The third-order valence-electron chi connectivity index (χ3n) is 5.94. The summed E-state index contributed by atoms with van der Waals surface area (Å²) >= 11 is 0. The molecular formula is C24H26N2O4. The fraction of sp³-hybridized carbons (Fsp3) is 0.333. The van der Waals surface area contributed by atoms with E-state index in [0.29, 0.717) is 37.4 Å². The Morgan fingerprint density at radius 1 is 1.07 bits per heavy atom. The van der Waals surface area contributed by atoms with E-state index in [9.17, 15) is 9.90 Å².